The average molecular weight is 223 g/mol. The van der Waals surface area contributed by atoms with Crippen LogP contribution in [0.5, 0.6) is 0 Å². The Labute approximate surface area is 99.4 Å². The second-order valence-electron chi connectivity index (χ2n) is 5.91. The molecular weight excluding hydrogens is 198 g/mol. The maximum Gasteiger partial charge on any atom is 0.134 e. The van der Waals surface area contributed by atoms with Gasteiger partial charge in [0.25, 0.3) is 0 Å². The van der Waals surface area contributed by atoms with Gasteiger partial charge in [-0.1, -0.05) is 13.8 Å². The van der Waals surface area contributed by atoms with Gasteiger partial charge in [0.2, 0.25) is 0 Å². The SMILES string of the molecule is CC(C)C1CCCN(C2CCC(=O)C2)CC1. The molecule has 0 amide bonds. The first-order chi connectivity index (χ1) is 7.66. The topological polar surface area (TPSA) is 20.3 Å². The lowest BCUT2D eigenvalue weighted by atomic mass is 9.89. The summed E-state index contributed by atoms with van der Waals surface area (Å²) in [5.41, 5.74) is 0. The van der Waals surface area contributed by atoms with Gasteiger partial charge in [-0.25, -0.2) is 0 Å². The number of Topliss-reactive ketones (excluding diaryl/α,β-unsaturated/α-hetero) is 1. The van der Waals surface area contributed by atoms with Crippen LogP contribution < -0.4 is 0 Å². The van der Waals surface area contributed by atoms with E-state index in [0.717, 1.165) is 31.1 Å². The first-order valence-electron chi connectivity index (χ1n) is 6.92. The van der Waals surface area contributed by atoms with Gasteiger partial charge in [0.15, 0.2) is 0 Å². The van der Waals surface area contributed by atoms with Crippen LogP contribution in [0.25, 0.3) is 0 Å². The van der Waals surface area contributed by atoms with E-state index in [9.17, 15) is 4.79 Å². The normalized spacial score (nSPS) is 33.3. The number of hydrogen-bond acceptors (Lipinski definition) is 2. The predicted molar refractivity (Wildman–Crippen MR) is 66.4 cm³/mol. The van der Waals surface area contributed by atoms with Crippen LogP contribution in [0.4, 0.5) is 0 Å². The van der Waals surface area contributed by atoms with Gasteiger partial charge < -0.3 is 0 Å². The van der Waals surface area contributed by atoms with E-state index in [-0.39, 0.29) is 0 Å². The molecule has 2 heteroatoms. The average Bonchev–Trinajstić information content (AvgIpc) is 2.54. The third kappa shape index (κ3) is 2.85. The summed E-state index contributed by atoms with van der Waals surface area (Å²) in [5.74, 6) is 2.21. The summed E-state index contributed by atoms with van der Waals surface area (Å²) in [6.45, 7) is 7.14. The van der Waals surface area contributed by atoms with Gasteiger partial charge in [0, 0.05) is 18.9 Å². The summed E-state index contributed by atoms with van der Waals surface area (Å²) in [4.78, 5) is 13.9. The number of carbonyl (C=O) groups is 1. The molecule has 1 saturated carbocycles. The summed E-state index contributed by atoms with van der Waals surface area (Å²) < 4.78 is 0. The predicted octanol–water partition coefficient (Wildman–Crippen LogP) is 2.87. The fraction of sp³-hybridized carbons (Fsp3) is 0.929. The van der Waals surface area contributed by atoms with E-state index in [1.54, 1.807) is 0 Å². The van der Waals surface area contributed by atoms with Crippen LogP contribution in [0.1, 0.15) is 52.4 Å². The molecule has 92 valence electrons. The zero-order valence-corrected chi connectivity index (χ0v) is 10.7. The fourth-order valence-corrected chi connectivity index (χ4v) is 3.28. The third-order valence-corrected chi connectivity index (χ3v) is 4.49. The zero-order valence-electron chi connectivity index (χ0n) is 10.7. The molecule has 2 fully saturated rings. The van der Waals surface area contributed by atoms with Crippen molar-refractivity contribution in [2.45, 2.75) is 58.4 Å². The van der Waals surface area contributed by atoms with Crippen molar-refractivity contribution in [3.8, 4) is 0 Å². The van der Waals surface area contributed by atoms with Crippen LogP contribution in [0.3, 0.4) is 0 Å². The standard InChI is InChI=1S/C14H25NO/c1-11(2)12-4-3-8-15(9-7-12)13-5-6-14(16)10-13/h11-13H,3-10H2,1-2H3. The van der Waals surface area contributed by atoms with Gasteiger partial charge >= 0.3 is 0 Å². The van der Waals surface area contributed by atoms with Crippen LogP contribution in [0, 0.1) is 11.8 Å². The maximum atomic E-state index is 11.3. The highest BCUT2D eigenvalue weighted by Crippen LogP contribution is 2.28. The van der Waals surface area contributed by atoms with Gasteiger partial charge in [0.05, 0.1) is 0 Å². The molecule has 0 bridgehead atoms. The summed E-state index contributed by atoms with van der Waals surface area (Å²) in [5, 5.41) is 0. The highest BCUT2D eigenvalue weighted by Gasteiger charge is 2.29. The highest BCUT2D eigenvalue weighted by molar-refractivity contribution is 5.81. The molecule has 2 unspecified atom stereocenters. The van der Waals surface area contributed by atoms with Gasteiger partial charge in [-0.15, -0.1) is 0 Å². The monoisotopic (exact) mass is 223 g/mol. The molecule has 0 spiro atoms. The lowest BCUT2D eigenvalue weighted by Gasteiger charge is -2.26. The Balaban J connectivity index is 1.86. The molecule has 1 saturated heterocycles. The highest BCUT2D eigenvalue weighted by atomic mass is 16.1. The molecule has 1 aliphatic carbocycles. The molecule has 1 aliphatic heterocycles. The van der Waals surface area contributed by atoms with Gasteiger partial charge in [0.1, 0.15) is 5.78 Å². The van der Waals surface area contributed by atoms with Crippen molar-refractivity contribution < 1.29 is 4.79 Å². The van der Waals surface area contributed by atoms with Crippen LogP contribution in [-0.4, -0.2) is 29.8 Å². The second-order valence-corrected chi connectivity index (χ2v) is 5.91. The van der Waals surface area contributed by atoms with Gasteiger partial charge in [-0.05, 0) is 50.6 Å². The van der Waals surface area contributed by atoms with Crippen LogP contribution in [0.15, 0.2) is 0 Å². The molecule has 16 heavy (non-hydrogen) atoms. The Kier molecular flexibility index (Phi) is 4.01. The number of rotatable bonds is 2. The Morgan fingerprint density at radius 1 is 1.19 bits per heavy atom. The van der Waals surface area contributed by atoms with E-state index >= 15 is 0 Å². The van der Waals surface area contributed by atoms with Crippen molar-refractivity contribution in [1.29, 1.82) is 0 Å². The lowest BCUT2D eigenvalue weighted by molar-refractivity contribution is -0.117. The van der Waals surface area contributed by atoms with Crippen LogP contribution >= 0.6 is 0 Å². The smallest absolute Gasteiger partial charge is 0.134 e. The largest absolute Gasteiger partial charge is 0.300 e. The van der Waals surface area contributed by atoms with Crippen molar-refractivity contribution in [1.82, 2.24) is 4.90 Å². The van der Waals surface area contributed by atoms with E-state index in [1.165, 1.54) is 32.4 Å². The van der Waals surface area contributed by atoms with E-state index in [2.05, 4.69) is 18.7 Å². The quantitative estimate of drug-likeness (QED) is 0.717. The third-order valence-electron chi connectivity index (χ3n) is 4.49. The van der Waals surface area contributed by atoms with Crippen LogP contribution in [0.2, 0.25) is 0 Å². The van der Waals surface area contributed by atoms with Crippen molar-refractivity contribution in [3.05, 3.63) is 0 Å². The Morgan fingerprint density at radius 2 is 2.00 bits per heavy atom. The van der Waals surface area contributed by atoms with E-state index in [1.807, 2.05) is 0 Å². The summed E-state index contributed by atoms with van der Waals surface area (Å²) in [6, 6.07) is 0.582. The zero-order chi connectivity index (χ0) is 11.5. The second kappa shape index (κ2) is 5.31. The number of carbonyl (C=O) groups excluding carboxylic acids is 1. The first-order valence-corrected chi connectivity index (χ1v) is 6.92. The molecule has 1 heterocycles. The number of hydrogen-bond donors (Lipinski definition) is 0. The Hall–Kier alpha value is -0.370. The molecule has 0 aromatic carbocycles. The van der Waals surface area contributed by atoms with Crippen molar-refractivity contribution >= 4 is 5.78 Å². The summed E-state index contributed by atoms with van der Waals surface area (Å²) >= 11 is 0. The molecule has 0 aromatic rings. The Bertz CT molecular complexity index is 249. The summed E-state index contributed by atoms with van der Waals surface area (Å²) in [7, 11) is 0. The van der Waals surface area contributed by atoms with Crippen LogP contribution in [-0.2, 0) is 4.79 Å². The molecular formula is C14H25NO. The van der Waals surface area contributed by atoms with Gasteiger partial charge in [-0.3, -0.25) is 9.69 Å². The minimum Gasteiger partial charge on any atom is -0.300 e. The molecule has 0 N–H and O–H groups in total. The molecule has 2 rings (SSSR count). The lowest BCUT2D eigenvalue weighted by Crippen LogP contribution is -2.34. The van der Waals surface area contributed by atoms with E-state index in [0.29, 0.717) is 11.8 Å². The minimum atomic E-state index is 0.481. The number of ketones is 1. The molecule has 0 aromatic heterocycles. The van der Waals surface area contributed by atoms with Gasteiger partial charge in [-0.2, -0.15) is 0 Å². The summed E-state index contributed by atoms with van der Waals surface area (Å²) in [6.07, 6.45) is 6.82. The number of likely N-dealkylation sites (tertiary alicyclic amines) is 1. The van der Waals surface area contributed by atoms with Crippen molar-refractivity contribution in [2.75, 3.05) is 13.1 Å². The van der Waals surface area contributed by atoms with E-state index < -0.39 is 0 Å². The molecule has 2 aliphatic rings. The number of nitrogens with zero attached hydrogens (tertiary/aromatic N) is 1. The first kappa shape index (κ1) is 12.1. The minimum absolute atomic E-state index is 0.481. The molecule has 2 atom stereocenters. The fourth-order valence-electron chi connectivity index (χ4n) is 3.28. The van der Waals surface area contributed by atoms with E-state index in [4.69, 9.17) is 0 Å². The molecule has 0 radical (unpaired) electrons. The van der Waals surface area contributed by atoms with Crippen molar-refractivity contribution in [3.63, 3.8) is 0 Å². The van der Waals surface area contributed by atoms with Crippen molar-refractivity contribution in [2.24, 2.45) is 11.8 Å². The Morgan fingerprint density at radius 3 is 2.62 bits per heavy atom. The maximum absolute atomic E-state index is 11.3. The molecule has 2 nitrogen and oxygen atoms in total.